The fourth-order valence-electron chi connectivity index (χ4n) is 2.18. The number of aliphatic hydroxyl groups excluding tert-OH is 1. The van der Waals surface area contributed by atoms with E-state index < -0.39 is 11.5 Å². The van der Waals surface area contributed by atoms with Crippen molar-refractivity contribution in [3.8, 4) is 6.07 Å². The van der Waals surface area contributed by atoms with Gasteiger partial charge in [-0.15, -0.1) is 0 Å². The Labute approximate surface area is 109 Å². The van der Waals surface area contributed by atoms with E-state index in [-0.39, 0.29) is 0 Å². The first kappa shape index (κ1) is 12.6. The lowest BCUT2D eigenvalue weighted by molar-refractivity contribution is -0.0312. The fraction of sp³-hybridized carbons (Fsp3) is 0.462. The van der Waals surface area contributed by atoms with Crippen molar-refractivity contribution in [3.05, 3.63) is 34.3 Å². The Morgan fingerprint density at radius 3 is 2.59 bits per heavy atom. The maximum atomic E-state index is 10.5. The van der Waals surface area contributed by atoms with Crippen molar-refractivity contribution in [2.75, 3.05) is 13.2 Å². The molecular formula is C13H14BrNO2. The summed E-state index contributed by atoms with van der Waals surface area (Å²) in [7, 11) is 0. The lowest BCUT2D eigenvalue weighted by Gasteiger charge is -2.35. The monoisotopic (exact) mass is 295 g/mol. The topological polar surface area (TPSA) is 53.2 Å². The van der Waals surface area contributed by atoms with Gasteiger partial charge in [-0.1, -0.05) is 34.1 Å². The third kappa shape index (κ3) is 2.37. The predicted molar refractivity (Wildman–Crippen MR) is 67.2 cm³/mol. The Morgan fingerprint density at radius 2 is 2.00 bits per heavy atom. The molecule has 3 nitrogen and oxygen atoms in total. The van der Waals surface area contributed by atoms with Crippen LogP contribution in [-0.4, -0.2) is 18.3 Å². The highest BCUT2D eigenvalue weighted by molar-refractivity contribution is 9.10. The summed E-state index contributed by atoms with van der Waals surface area (Å²) >= 11 is 3.42. The van der Waals surface area contributed by atoms with Crippen LogP contribution in [-0.2, 0) is 4.74 Å². The van der Waals surface area contributed by atoms with Crippen molar-refractivity contribution >= 4 is 15.9 Å². The molecule has 1 aliphatic heterocycles. The summed E-state index contributed by atoms with van der Waals surface area (Å²) in [4.78, 5) is 0. The summed E-state index contributed by atoms with van der Waals surface area (Å²) in [5.41, 5.74) is 0.0539. The second-order valence-corrected chi connectivity index (χ2v) is 5.16. The Bertz CT molecular complexity index is 435. The van der Waals surface area contributed by atoms with Gasteiger partial charge in [-0.25, -0.2) is 0 Å². The first-order chi connectivity index (χ1) is 8.19. The molecule has 1 aromatic rings. The van der Waals surface area contributed by atoms with E-state index in [2.05, 4.69) is 22.0 Å². The number of ether oxygens (including phenoxy) is 1. The third-order valence-electron chi connectivity index (χ3n) is 3.33. The SMILES string of the molecule is N#CC1(C(O)c2ccccc2Br)CCOCC1. The molecular weight excluding hydrogens is 282 g/mol. The van der Waals surface area contributed by atoms with Crippen molar-refractivity contribution in [2.45, 2.75) is 18.9 Å². The quantitative estimate of drug-likeness (QED) is 0.913. The van der Waals surface area contributed by atoms with Gasteiger partial charge in [-0.2, -0.15) is 5.26 Å². The third-order valence-corrected chi connectivity index (χ3v) is 4.05. The molecule has 0 saturated carbocycles. The minimum absolute atomic E-state index is 0.537. The maximum absolute atomic E-state index is 10.5. The van der Waals surface area contributed by atoms with Crippen LogP contribution >= 0.6 is 15.9 Å². The summed E-state index contributed by atoms with van der Waals surface area (Å²) in [5, 5.41) is 19.9. The first-order valence-electron chi connectivity index (χ1n) is 5.61. The van der Waals surface area contributed by atoms with Gasteiger partial charge < -0.3 is 9.84 Å². The number of nitriles is 1. The van der Waals surface area contributed by atoms with Crippen LogP contribution in [0.1, 0.15) is 24.5 Å². The number of aliphatic hydroxyl groups is 1. The van der Waals surface area contributed by atoms with Crippen LogP contribution < -0.4 is 0 Å². The molecule has 2 rings (SSSR count). The smallest absolute Gasteiger partial charge is 0.0988 e. The molecule has 1 N–H and O–H groups in total. The predicted octanol–water partition coefficient (Wildman–Crippen LogP) is 2.80. The maximum Gasteiger partial charge on any atom is 0.0988 e. The lowest BCUT2D eigenvalue weighted by atomic mass is 9.74. The van der Waals surface area contributed by atoms with Gasteiger partial charge >= 0.3 is 0 Å². The van der Waals surface area contributed by atoms with Crippen LogP contribution in [0.2, 0.25) is 0 Å². The number of benzene rings is 1. The minimum atomic E-state index is -0.771. The highest BCUT2D eigenvalue weighted by atomic mass is 79.9. The van der Waals surface area contributed by atoms with Crippen molar-refractivity contribution < 1.29 is 9.84 Å². The second kappa shape index (κ2) is 5.18. The highest BCUT2D eigenvalue weighted by Gasteiger charge is 2.41. The van der Waals surface area contributed by atoms with E-state index in [1.807, 2.05) is 24.3 Å². The van der Waals surface area contributed by atoms with E-state index in [4.69, 9.17) is 4.74 Å². The molecule has 1 aromatic carbocycles. The highest BCUT2D eigenvalue weighted by Crippen LogP contribution is 2.43. The minimum Gasteiger partial charge on any atom is -0.387 e. The van der Waals surface area contributed by atoms with E-state index in [0.29, 0.717) is 26.1 Å². The number of halogens is 1. The van der Waals surface area contributed by atoms with E-state index in [0.717, 1.165) is 10.0 Å². The zero-order valence-corrected chi connectivity index (χ0v) is 11.0. The molecule has 0 spiro atoms. The fourth-order valence-corrected chi connectivity index (χ4v) is 2.68. The second-order valence-electron chi connectivity index (χ2n) is 4.30. The molecule has 17 heavy (non-hydrogen) atoms. The van der Waals surface area contributed by atoms with Crippen LogP contribution in [0.4, 0.5) is 0 Å². The van der Waals surface area contributed by atoms with Crippen LogP contribution in [0.3, 0.4) is 0 Å². The standard InChI is InChI=1S/C13H14BrNO2/c14-11-4-2-1-3-10(11)12(16)13(9-15)5-7-17-8-6-13/h1-4,12,16H,5-8H2. The van der Waals surface area contributed by atoms with Crippen LogP contribution in [0, 0.1) is 16.7 Å². The molecule has 0 radical (unpaired) electrons. The van der Waals surface area contributed by atoms with Crippen molar-refractivity contribution in [1.29, 1.82) is 5.26 Å². The number of nitrogens with zero attached hydrogens (tertiary/aromatic N) is 1. The molecule has 1 unspecified atom stereocenters. The van der Waals surface area contributed by atoms with E-state index >= 15 is 0 Å². The molecule has 1 saturated heterocycles. The molecule has 1 fully saturated rings. The lowest BCUT2D eigenvalue weighted by Crippen LogP contribution is -2.34. The van der Waals surface area contributed by atoms with Crippen LogP contribution in [0.5, 0.6) is 0 Å². The van der Waals surface area contributed by atoms with Crippen molar-refractivity contribution in [1.82, 2.24) is 0 Å². The van der Waals surface area contributed by atoms with Gasteiger partial charge in [-0.3, -0.25) is 0 Å². The Morgan fingerprint density at radius 1 is 1.35 bits per heavy atom. The van der Waals surface area contributed by atoms with E-state index in [9.17, 15) is 10.4 Å². The Hall–Kier alpha value is -0.890. The zero-order chi connectivity index (χ0) is 12.3. The average molecular weight is 296 g/mol. The van der Waals surface area contributed by atoms with Crippen LogP contribution in [0.25, 0.3) is 0 Å². The molecule has 0 aliphatic carbocycles. The van der Waals surface area contributed by atoms with Gasteiger partial charge in [-0.05, 0) is 24.5 Å². The summed E-state index contributed by atoms with van der Waals surface area (Å²) < 4.78 is 6.11. The van der Waals surface area contributed by atoms with Gasteiger partial charge in [0.15, 0.2) is 0 Å². The van der Waals surface area contributed by atoms with Gasteiger partial charge in [0.05, 0.1) is 17.6 Å². The van der Waals surface area contributed by atoms with Gasteiger partial charge in [0.1, 0.15) is 0 Å². The molecule has 0 amide bonds. The molecule has 90 valence electrons. The summed E-state index contributed by atoms with van der Waals surface area (Å²) in [5.74, 6) is 0. The van der Waals surface area contributed by atoms with E-state index in [1.165, 1.54) is 0 Å². The molecule has 0 aromatic heterocycles. The van der Waals surface area contributed by atoms with Crippen molar-refractivity contribution in [2.24, 2.45) is 5.41 Å². The largest absolute Gasteiger partial charge is 0.387 e. The molecule has 1 heterocycles. The van der Waals surface area contributed by atoms with Crippen molar-refractivity contribution in [3.63, 3.8) is 0 Å². The van der Waals surface area contributed by atoms with Gasteiger partial charge in [0, 0.05) is 17.7 Å². The van der Waals surface area contributed by atoms with Gasteiger partial charge in [0.25, 0.3) is 0 Å². The summed E-state index contributed by atoms with van der Waals surface area (Å²) in [6.45, 7) is 1.07. The zero-order valence-electron chi connectivity index (χ0n) is 9.40. The van der Waals surface area contributed by atoms with E-state index in [1.54, 1.807) is 0 Å². The molecule has 1 atom stereocenters. The number of hydrogen-bond donors (Lipinski definition) is 1. The molecule has 4 heteroatoms. The number of hydrogen-bond acceptors (Lipinski definition) is 3. The Kier molecular flexibility index (Phi) is 3.82. The average Bonchev–Trinajstić information content (AvgIpc) is 2.39. The summed E-state index contributed by atoms with van der Waals surface area (Å²) in [6, 6.07) is 9.78. The normalized spacial score (nSPS) is 20.5. The molecule has 0 bridgehead atoms. The summed E-state index contributed by atoms with van der Waals surface area (Å²) in [6.07, 6.45) is 0.379. The first-order valence-corrected chi connectivity index (χ1v) is 6.40. The number of rotatable bonds is 2. The van der Waals surface area contributed by atoms with Crippen LogP contribution in [0.15, 0.2) is 28.7 Å². The molecule has 1 aliphatic rings. The Balaban J connectivity index is 2.32. The van der Waals surface area contributed by atoms with Gasteiger partial charge in [0.2, 0.25) is 0 Å².